The minimum Gasteiger partial charge on any atom is -0.759 e. The Morgan fingerprint density at radius 1 is 0.852 bits per heavy atom. The molecular formula is C18H36N2O6S. The fourth-order valence-electron chi connectivity index (χ4n) is 1.58. The van der Waals surface area contributed by atoms with Gasteiger partial charge in [-0.25, -0.2) is 0 Å². The van der Waals surface area contributed by atoms with Crippen LogP contribution < -0.4 is 0 Å². The van der Waals surface area contributed by atoms with E-state index in [1.807, 2.05) is 42.0 Å². The van der Waals surface area contributed by atoms with E-state index in [9.17, 15) is 9.59 Å². The van der Waals surface area contributed by atoms with Crippen molar-refractivity contribution in [2.24, 2.45) is 0 Å². The van der Waals surface area contributed by atoms with E-state index >= 15 is 0 Å². The number of rotatable bonds is 8. The fraction of sp³-hybridized carbons (Fsp3) is 0.667. The van der Waals surface area contributed by atoms with Gasteiger partial charge in [0.25, 0.3) is 0 Å². The predicted molar refractivity (Wildman–Crippen MR) is 105 cm³/mol. The lowest BCUT2D eigenvalue weighted by atomic mass is 10.1. The molecule has 0 radical (unpaired) electrons. The molecule has 8 nitrogen and oxygen atoms in total. The van der Waals surface area contributed by atoms with Crippen molar-refractivity contribution in [2.45, 2.75) is 39.8 Å². The second kappa shape index (κ2) is 12.9. The molecule has 0 aliphatic rings. The van der Waals surface area contributed by atoms with Crippen LogP contribution in [-0.2, 0) is 20.0 Å². The summed E-state index contributed by atoms with van der Waals surface area (Å²) in [7, 11) is 3.02. The van der Waals surface area contributed by atoms with E-state index in [0.29, 0.717) is 0 Å². The smallest absolute Gasteiger partial charge is 0.211 e. The van der Waals surface area contributed by atoms with Gasteiger partial charge in [0, 0.05) is 10.4 Å². The number of carbonyl (C=O) groups excluding carboxylic acids is 2. The first-order chi connectivity index (χ1) is 11.9. The van der Waals surface area contributed by atoms with Gasteiger partial charge in [-0.15, -0.1) is 0 Å². The molecule has 0 N–H and O–H groups in total. The van der Waals surface area contributed by atoms with Crippen LogP contribution in [0.25, 0.3) is 0 Å². The quantitative estimate of drug-likeness (QED) is 0.257. The van der Waals surface area contributed by atoms with Gasteiger partial charge in [0.15, 0.2) is 0 Å². The second-order valence-electron chi connectivity index (χ2n) is 7.16. The van der Waals surface area contributed by atoms with E-state index in [-0.39, 0.29) is 23.7 Å². The third-order valence-electron chi connectivity index (χ3n) is 4.95. The van der Waals surface area contributed by atoms with Crippen LogP contribution in [0.3, 0.4) is 0 Å². The lowest BCUT2D eigenvalue weighted by Crippen LogP contribution is -2.50. The number of carbonyl (C=O) groups is 2. The third kappa shape index (κ3) is 15.4. The number of ketones is 2. The van der Waals surface area contributed by atoms with Crippen molar-refractivity contribution in [3.63, 3.8) is 0 Å². The molecule has 160 valence electrons. The molecule has 2 unspecified atom stereocenters. The van der Waals surface area contributed by atoms with Crippen molar-refractivity contribution in [1.82, 2.24) is 0 Å². The molecule has 27 heavy (non-hydrogen) atoms. The molecule has 0 rings (SSSR count). The topological polar surface area (TPSA) is 114 Å². The largest absolute Gasteiger partial charge is 0.759 e. The van der Waals surface area contributed by atoms with E-state index in [1.165, 1.54) is 12.2 Å². The Balaban J connectivity index is -0.000000344. The number of likely N-dealkylation sites (N-methyl/N-ethyl adjacent to an activating group) is 2. The highest BCUT2D eigenvalue weighted by Crippen LogP contribution is 2.07. The third-order valence-corrected chi connectivity index (χ3v) is 4.95. The molecule has 0 saturated heterocycles. The van der Waals surface area contributed by atoms with Crippen LogP contribution in [0, 0.1) is 0 Å². The molecular weight excluding hydrogens is 372 g/mol. The average molecular weight is 409 g/mol. The summed E-state index contributed by atoms with van der Waals surface area (Å²) in [5, 5.41) is 0. The highest BCUT2D eigenvalue weighted by Gasteiger charge is 2.27. The van der Waals surface area contributed by atoms with Crippen molar-refractivity contribution in [3.8, 4) is 0 Å². The summed E-state index contributed by atoms with van der Waals surface area (Å²) in [6, 6.07) is 0.0509. The predicted octanol–water partition coefficient (Wildman–Crippen LogP) is 1.11. The van der Waals surface area contributed by atoms with Gasteiger partial charge < -0.3 is 18.1 Å². The standard InChI is InChI=1S/2C9H18NO.H2O4S/c2*1-6-9(11)8(3)10(4,5)7-2;1-5(2,3)4/h2*6,8H,1,7H2,2-5H3;(H2,1,2,3,4)/q2*+1;/p-2. The van der Waals surface area contributed by atoms with Gasteiger partial charge in [-0.3, -0.25) is 18.0 Å². The zero-order valence-electron chi connectivity index (χ0n) is 17.9. The van der Waals surface area contributed by atoms with Crippen molar-refractivity contribution in [1.29, 1.82) is 0 Å². The average Bonchev–Trinajstić information content (AvgIpc) is 2.57. The molecule has 0 aromatic heterocycles. The van der Waals surface area contributed by atoms with Gasteiger partial charge in [0.1, 0.15) is 12.1 Å². The van der Waals surface area contributed by atoms with Crippen LogP contribution in [0.5, 0.6) is 0 Å². The van der Waals surface area contributed by atoms with Gasteiger partial charge in [-0.2, -0.15) is 0 Å². The number of nitrogens with zero attached hydrogens (tertiary/aromatic N) is 2. The van der Waals surface area contributed by atoms with Gasteiger partial charge in [0.05, 0.1) is 41.3 Å². The summed E-state index contributed by atoms with van der Waals surface area (Å²) in [6.07, 6.45) is 2.81. The Hall–Kier alpha value is -1.39. The van der Waals surface area contributed by atoms with Crippen molar-refractivity contribution < 1.29 is 36.1 Å². The summed E-state index contributed by atoms with van der Waals surface area (Å²) >= 11 is 0. The molecule has 0 saturated carbocycles. The fourth-order valence-corrected chi connectivity index (χ4v) is 1.58. The first kappa shape index (κ1) is 30.3. The molecule has 0 amide bonds. The Morgan fingerprint density at radius 2 is 1.04 bits per heavy atom. The van der Waals surface area contributed by atoms with Crippen LogP contribution in [0.4, 0.5) is 0 Å². The molecule has 0 aliphatic heterocycles. The number of quaternary nitrogens is 2. The number of hydrogen-bond acceptors (Lipinski definition) is 6. The van der Waals surface area contributed by atoms with E-state index in [1.54, 1.807) is 0 Å². The van der Waals surface area contributed by atoms with Gasteiger partial charge in [-0.1, -0.05) is 13.2 Å². The van der Waals surface area contributed by atoms with Crippen LogP contribution in [0.1, 0.15) is 27.7 Å². The lowest BCUT2D eigenvalue weighted by molar-refractivity contribution is -0.901. The highest BCUT2D eigenvalue weighted by atomic mass is 32.3. The molecule has 0 heterocycles. The van der Waals surface area contributed by atoms with Crippen LogP contribution >= 0.6 is 0 Å². The normalized spacial score (nSPS) is 13.7. The van der Waals surface area contributed by atoms with Gasteiger partial charge in [0.2, 0.25) is 11.6 Å². The zero-order chi connectivity index (χ0) is 22.6. The van der Waals surface area contributed by atoms with Crippen molar-refractivity contribution in [3.05, 3.63) is 25.3 Å². The molecule has 0 aliphatic carbocycles. The lowest BCUT2D eigenvalue weighted by Gasteiger charge is -2.33. The minimum atomic E-state index is -5.17. The van der Waals surface area contributed by atoms with Crippen LogP contribution in [0.2, 0.25) is 0 Å². The van der Waals surface area contributed by atoms with Crippen molar-refractivity contribution in [2.75, 3.05) is 41.3 Å². The van der Waals surface area contributed by atoms with Crippen molar-refractivity contribution >= 4 is 22.0 Å². The summed E-state index contributed by atoms with van der Waals surface area (Å²) in [5.74, 6) is 0.244. The van der Waals surface area contributed by atoms with E-state index < -0.39 is 10.4 Å². The second-order valence-corrected chi connectivity index (χ2v) is 7.98. The summed E-state index contributed by atoms with van der Waals surface area (Å²) < 4.78 is 35.5. The molecule has 0 aromatic carbocycles. The zero-order valence-corrected chi connectivity index (χ0v) is 18.7. The molecule has 2 atom stereocenters. The van der Waals surface area contributed by atoms with E-state index in [4.69, 9.17) is 17.5 Å². The molecule has 9 heteroatoms. The molecule has 0 aromatic rings. The van der Waals surface area contributed by atoms with E-state index in [0.717, 1.165) is 22.1 Å². The van der Waals surface area contributed by atoms with Gasteiger partial charge in [-0.05, 0) is 39.8 Å². The molecule has 0 fully saturated rings. The van der Waals surface area contributed by atoms with Crippen LogP contribution in [-0.4, -0.2) is 91.4 Å². The summed E-state index contributed by atoms with van der Waals surface area (Å²) in [6.45, 7) is 16.9. The maximum absolute atomic E-state index is 11.2. The Morgan fingerprint density at radius 3 is 1.15 bits per heavy atom. The summed E-state index contributed by atoms with van der Waals surface area (Å²) in [4.78, 5) is 22.4. The van der Waals surface area contributed by atoms with Gasteiger partial charge >= 0.3 is 0 Å². The SMILES string of the molecule is C=CC(=O)C(C)[N+](C)(C)CC.C=CC(=O)C(C)[N+](C)(C)CC.O=S(=O)([O-])[O-]. The number of hydrogen-bond donors (Lipinski definition) is 0. The maximum Gasteiger partial charge on any atom is 0.211 e. The summed E-state index contributed by atoms with van der Waals surface area (Å²) in [5.41, 5.74) is 0. The first-order valence-corrected chi connectivity index (χ1v) is 9.89. The molecule has 0 bridgehead atoms. The maximum atomic E-state index is 11.2. The molecule has 0 spiro atoms. The highest BCUT2D eigenvalue weighted by molar-refractivity contribution is 7.79. The Kier molecular flexibility index (Phi) is 14.5. The Bertz CT molecular complexity index is 551. The monoisotopic (exact) mass is 408 g/mol. The van der Waals surface area contributed by atoms with E-state index in [2.05, 4.69) is 27.0 Å². The Labute approximate surface area is 164 Å². The minimum absolute atomic E-state index is 0.0255. The van der Waals surface area contributed by atoms with Crippen LogP contribution in [0.15, 0.2) is 25.3 Å². The first-order valence-electron chi connectivity index (χ1n) is 8.55.